The predicted molar refractivity (Wildman–Crippen MR) is 61.5 cm³/mol. The monoisotopic (exact) mass is 213 g/mol. The van der Waals surface area contributed by atoms with Crippen LogP contribution in [0.4, 0.5) is 0 Å². The minimum atomic E-state index is 0.810. The SMILES string of the molecule is CN(Cc1ccsc1)C1CCSC1. The molecule has 0 aliphatic carbocycles. The molecule has 2 rings (SSSR count). The minimum absolute atomic E-state index is 0.810. The van der Waals surface area contributed by atoms with Crippen LogP contribution in [-0.4, -0.2) is 29.5 Å². The van der Waals surface area contributed by atoms with E-state index >= 15 is 0 Å². The van der Waals surface area contributed by atoms with Gasteiger partial charge in [0.25, 0.3) is 0 Å². The van der Waals surface area contributed by atoms with E-state index in [2.05, 4.69) is 40.5 Å². The summed E-state index contributed by atoms with van der Waals surface area (Å²) in [6.07, 6.45) is 1.37. The van der Waals surface area contributed by atoms with E-state index in [1.807, 2.05) is 0 Å². The molecule has 0 amide bonds. The summed E-state index contributed by atoms with van der Waals surface area (Å²) in [6, 6.07) is 3.04. The zero-order valence-corrected chi connectivity index (χ0v) is 9.53. The maximum atomic E-state index is 2.49. The highest BCUT2D eigenvalue weighted by Gasteiger charge is 2.19. The summed E-state index contributed by atoms with van der Waals surface area (Å²) >= 11 is 3.88. The number of rotatable bonds is 3. The molecular formula is C10H15NS2. The Labute approximate surface area is 88.1 Å². The summed E-state index contributed by atoms with van der Waals surface area (Å²) in [5.41, 5.74) is 1.46. The number of hydrogen-bond donors (Lipinski definition) is 0. The summed E-state index contributed by atoms with van der Waals surface area (Å²) < 4.78 is 0. The predicted octanol–water partition coefficient (Wildman–Crippen LogP) is 2.69. The lowest BCUT2D eigenvalue weighted by molar-refractivity contribution is 0.255. The standard InChI is InChI=1S/C10H15NS2/c1-11(10-3-5-13-8-10)6-9-2-4-12-7-9/h2,4,7,10H,3,5-6,8H2,1H3. The lowest BCUT2D eigenvalue weighted by Gasteiger charge is -2.22. The first-order valence-corrected chi connectivity index (χ1v) is 6.75. The molecule has 1 nitrogen and oxygen atoms in total. The molecule has 0 radical (unpaired) electrons. The second kappa shape index (κ2) is 4.49. The second-order valence-electron chi connectivity index (χ2n) is 3.56. The molecule has 0 spiro atoms. The quantitative estimate of drug-likeness (QED) is 0.759. The van der Waals surface area contributed by atoms with Crippen molar-refractivity contribution in [3.63, 3.8) is 0 Å². The summed E-state index contributed by atoms with van der Waals surface area (Å²) in [5.74, 6) is 2.67. The largest absolute Gasteiger partial charge is 0.298 e. The van der Waals surface area contributed by atoms with Crippen molar-refractivity contribution in [2.75, 3.05) is 18.6 Å². The first-order valence-electron chi connectivity index (χ1n) is 4.65. The second-order valence-corrected chi connectivity index (χ2v) is 5.49. The summed E-state index contributed by atoms with van der Waals surface area (Å²) in [4.78, 5) is 2.49. The number of hydrogen-bond acceptors (Lipinski definition) is 3. The Morgan fingerprint density at radius 3 is 3.15 bits per heavy atom. The van der Waals surface area contributed by atoms with Crippen LogP contribution >= 0.6 is 23.1 Å². The van der Waals surface area contributed by atoms with Gasteiger partial charge in [0.1, 0.15) is 0 Å². The maximum absolute atomic E-state index is 2.49. The van der Waals surface area contributed by atoms with Crippen molar-refractivity contribution in [1.29, 1.82) is 0 Å². The Morgan fingerprint density at radius 2 is 2.54 bits per heavy atom. The van der Waals surface area contributed by atoms with Crippen molar-refractivity contribution >= 4 is 23.1 Å². The van der Waals surface area contributed by atoms with Crippen LogP contribution < -0.4 is 0 Å². The van der Waals surface area contributed by atoms with Crippen LogP contribution in [0.25, 0.3) is 0 Å². The van der Waals surface area contributed by atoms with Crippen LogP contribution in [0.1, 0.15) is 12.0 Å². The minimum Gasteiger partial charge on any atom is -0.298 e. The molecule has 0 aromatic carbocycles. The van der Waals surface area contributed by atoms with E-state index in [4.69, 9.17) is 0 Å². The molecule has 1 aliphatic rings. The van der Waals surface area contributed by atoms with E-state index < -0.39 is 0 Å². The van der Waals surface area contributed by atoms with Crippen LogP contribution in [0.2, 0.25) is 0 Å². The molecule has 13 heavy (non-hydrogen) atoms. The first kappa shape index (κ1) is 9.56. The molecule has 1 fully saturated rings. The van der Waals surface area contributed by atoms with Gasteiger partial charge in [0.2, 0.25) is 0 Å². The number of nitrogens with zero attached hydrogens (tertiary/aromatic N) is 1. The lowest BCUT2D eigenvalue weighted by atomic mass is 10.2. The van der Waals surface area contributed by atoms with Crippen molar-refractivity contribution in [2.24, 2.45) is 0 Å². The zero-order valence-electron chi connectivity index (χ0n) is 7.90. The van der Waals surface area contributed by atoms with Gasteiger partial charge in [-0.05, 0) is 41.6 Å². The Hall–Kier alpha value is 0.01000. The van der Waals surface area contributed by atoms with Gasteiger partial charge in [-0.2, -0.15) is 23.1 Å². The van der Waals surface area contributed by atoms with Crippen molar-refractivity contribution < 1.29 is 0 Å². The molecule has 72 valence electrons. The molecule has 0 saturated carbocycles. The molecule has 1 aliphatic heterocycles. The number of thiophene rings is 1. The highest BCUT2D eigenvalue weighted by atomic mass is 32.2. The van der Waals surface area contributed by atoms with Crippen LogP contribution in [0, 0.1) is 0 Å². The van der Waals surface area contributed by atoms with Gasteiger partial charge in [-0.25, -0.2) is 0 Å². The van der Waals surface area contributed by atoms with E-state index in [1.165, 1.54) is 23.5 Å². The van der Waals surface area contributed by atoms with Crippen molar-refractivity contribution in [3.05, 3.63) is 22.4 Å². The molecule has 1 aromatic rings. The highest BCUT2D eigenvalue weighted by Crippen LogP contribution is 2.22. The van der Waals surface area contributed by atoms with Gasteiger partial charge < -0.3 is 0 Å². The molecule has 0 bridgehead atoms. The van der Waals surface area contributed by atoms with Crippen LogP contribution in [0.3, 0.4) is 0 Å². The Bertz CT molecular complexity index is 239. The molecule has 0 N–H and O–H groups in total. The fraction of sp³-hybridized carbons (Fsp3) is 0.600. The fourth-order valence-corrected chi connectivity index (χ4v) is 3.63. The van der Waals surface area contributed by atoms with Gasteiger partial charge in [0.05, 0.1) is 0 Å². The molecule has 1 atom stereocenters. The Morgan fingerprint density at radius 1 is 1.62 bits per heavy atom. The maximum Gasteiger partial charge on any atom is 0.0242 e. The summed E-state index contributed by atoms with van der Waals surface area (Å²) in [5, 5.41) is 4.41. The highest BCUT2D eigenvalue weighted by molar-refractivity contribution is 7.99. The van der Waals surface area contributed by atoms with Crippen molar-refractivity contribution in [3.8, 4) is 0 Å². The summed E-state index contributed by atoms with van der Waals surface area (Å²) in [7, 11) is 2.24. The third-order valence-electron chi connectivity index (χ3n) is 2.54. The molecule has 1 saturated heterocycles. The summed E-state index contributed by atoms with van der Waals surface area (Å²) in [6.45, 7) is 1.12. The van der Waals surface area contributed by atoms with E-state index in [9.17, 15) is 0 Å². The zero-order chi connectivity index (χ0) is 9.10. The smallest absolute Gasteiger partial charge is 0.0242 e. The Balaban J connectivity index is 1.87. The normalized spacial score (nSPS) is 22.8. The van der Waals surface area contributed by atoms with Gasteiger partial charge in [0.15, 0.2) is 0 Å². The van der Waals surface area contributed by atoms with Crippen molar-refractivity contribution in [2.45, 2.75) is 19.0 Å². The lowest BCUT2D eigenvalue weighted by Crippen LogP contribution is -2.30. The van der Waals surface area contributed by atoms with Gasteiger partial charge in [0, 0.05) is 18.3 Å². The van der Waals surface area contributed by atoms with Crippen molar-refractivity contribution in [1.82, 2.24) is 4.90 Å². The molecule has 3 heteroatoms. The van der Waals surface area contributed by atoms with Crippen LogP contribution in [-0.2, 0) is 6.54 Å². The first-order chi connectivity index (χ1) is 6.36. The van der Waals surface area contributed by atoms with Crippen LogP contribution in [0.15, 0.2) is 16.8 Å². The number of thioether (sulfide) groups is 1. The van der Waals surface area contributed by atoms with Gasteiger partial charge in [-0.15, -0.1) is 0 Å². The van der Waals surface area contributed by atoms with Gasteiger partial charge in [-0.3, -0.25) is 4.90 Å². The van der Waals surface area contributed by atoms with E-state index in [-0.39, 0.29) is 0 Å². The molecule has 1 aromatic heterocycles. The van der Waals surface area contributed by atoms with Gasteiger partial charge in [-0.1, -0.05) is 0 Å². The van der Waals surface area contributed by atoms with E-state index in [0.717, 1.165) is 12.6 Å². The fourth-order valence-electron chi connectivity index (χ4n) is 1.67. The van der Waals surface area contributed by atoms with E-state index in [1.54, 1.807) is 11.3 Å². The van der Waals surface area contributed by atoms with Gasteiger partial charge >= 0.3 is 0 Å². The Kier molecular flexibility index (Phi) is 3.30. The molecular weight excluding hydrogens is 198 g/mol. The average Bonchev–Trinajstić information content (AvgIpc) is 2.74. The molecule has 1 unspecified atom stereocenters. The topological polar surface area (TPSA) is 3.24 Å². The molecule has 2 heterocycles. The average molecular weight is 213 g/mol. The van der Waals surface area contributed by atoms with Crippen LogP contribution in [0.5, 0.6) is 0 Å². The van der Waals surface area contributed by atoms with E-state index in [0.29, 0.717) is 0 Å². The third kappa shape index (κ3) is 2.48. The third-order valence-corrected chi connectivity index (χ3v) is 4.42.